The summed E-state index contributed by atoms with van der Waals surface area (Å²) in [6.45, 7) is 0. The Morgan fingerprint density at radius 1 is 0.867 bits per heavy atom. The van der Waals surface area contributed by atoms with E-state index >= 15 is 0 Å². The number of nitro groups is 1. The Morgan fingerprint density at radius 3 is 2.43 bits per heavy atom. The summed E-state index contributed by atoms with van der Waals surface area (Å²) in [4.78, 5) is 23.7. The minimum atomic E-state index is -0.574. The van der Waals surface area contributed by atoms with E-state index in [-0.39, 0.29) is 11.1 Å². The number of non-ortho nitro benzene ring substituents is 1. The van der Waals surface area contributed by atoms with Crippen LogP contribution in [0.3, 0.4) is 0 Å². The van der Waals surface area contributed by atoms with Gasteiger partial charge in [0.2, 0.25) is 5.88 Å². The lowest BCUT2D eigenvalue weighted by Gasteiger charge is -2.06. The van der Waals surface area contributed by atoms with Crippen molar-refractivity contribution in [3.05, 3.63) is 99.4 Å². The van der Waals surface area contributed by atoms with Crippen molar-refractivity contribution in [3.8, 4) is 11.1 Å². The maximum atomic E-state index is 12.9. The van der Waals surface area contributed by atoms with Gasteiger partial charge in [-0.05, 0) is 29.8 Å². The van der Waals surface area contributed by atoms with Crippen LogP contribution in [0.2, 0.25) is 0 Å². The number of furan rings is 1. The normalized spacial score (nSPS) is 11.1. The number of nitro benzene ring substituents is 1. The first-order valence-electron chi connectivity index (χ1n) is 9.17. The van der Waals surface area contributed by atoms with Crippen LogP contribution in [0.25, 0.3) is 33.1 Å². The zero-order valence-corrected chi connectivity index (χ0v) is 15.5. The van der Waals surface area contributed by atoms with Crippen molar-refractivity contribution in [1.29, 1.82) is 0 Å². The summed E-state index contributed by atoms with van der Waals surface area (Å²) >= 11 is 0. The maximum Gasteiger partial charge on any atom is 0.348 e. The number of hydrogen-bond donors (Lipinski definition) is 1. The van der Waals surface area contributed by atoms with Gasteiger partial charge in [-0.2, -0.15) is 0 Å². The van der Waals surface area contributed by atoms with Crippen LogP contribution in [0.4, 0.5) is 17.3 Å². The van der Waals surface area contributed by atoms with Crippen LogP contribution in [-0.4, -0.2) is 4.92 Å². The summed E-state index contributed by atoms with van der Waals surface area (Å²) in [5.41, 5.74) is 1.74. The third-order valence-corrected chi connectivity index (χ3v) is 4.82. The van der Waals surface area contributed by atoms with Crippen molar-refractivity contribution in [2.75, 3.05) is 5.32 Å². The highest BCUT2D eigenvalue weighted by molar-refractivity contribution is 6.10. The Morgan fingerprint density at radius 2 is 1.63 bits per heavy atom. The molecule has 0 aliphatic rings. The van der Waals surface area contributed by atoms with Crippen molar-refractivity contribution < 1.29 is 13.8 Å². The maximum absolute atomic E-state index is 12.9. The second kappa shape index (κ2) is 6.89. The lowest BCUT2D eigenvalue weighted by Crippen LogP contribution is -2.00. The average Bonchev–Trinajstić information content (AvgIpc) is 3.14. The fourth-order valence-corrected chi connectivity index (χ4v) is 3.50. The topological polar surface area (TPSA) is 98.5 Å². The van der Waals surface area contributed by atoms with Gasteiger partial charge in [0.1, 0.15) is 11.0 Å². The smallest absolute Gasteiger partial charge is 0.348 e. The molecule has 2 aromatic heterocycles. The Balaban J connectivity index is 1.85. The molecule has 30 heavy (non-hydrogen) atoms. The molecule has 0 bridgehead atoms. The van der Waals surface area contributed by atoms with Crippen molar-refractivity contribution in [2.24, 2.45) is 0 Å². The molecule has 0 amide bonds. The summed E-state index contributed by atoms with van der Waals surface area (Å²) in [5.74, 6) is 0.306. The highest BCUT2D eigenvalue weighted by Gasteiger charge is 2.23. The van der Waals surface area contributed by atoms with E-state index in [2.05, 4.69) is 5.32 Å². The molecule has 7 nitrogen and oxygen atoms in total. The second-order valence-corrected chi connectivity index (χ2v) is 6.69. The monoisotopic (exact) mass is 398 g/mol. The number of hydrogen-bond acceptors (Lipinski definition) is 6. The molecular formula is C23H14N2O5. The van der Waals surface area contributed by atoms with Gasteiger partial charge in [-0.25, -0.2) is 4.79 Å². The number of fused-ring (bicyclic) bond motifs is 3. The molecule has 0 radical (unpaired) electrons. The minimum absolute atomic E-state index is 0.0855. The molecule has 0 saturated carbocycles. The Kier molecular flexibility index (Phi) is 4.07. The number of benzene rings is 3. The van der Waals surface area contributed by atoms with Crippen LogP contribution in [0.5, 0.6) is 0 Å². The van der Waals surface area contributed by atoms with E-state index in [1.807, 2.05) is 36.4 Å². The van der Waals surface area contributed by atoms with Gasteiger partial charge in [0, 0.05) is 17.8 Å². The van der Waals surface area contributed by atoms with E-state index in [0.29, 0.717) is 33.6 Å². The third kappa shape index (κ3) is 2.89. The molecular weight excluding hydrogens is 384 g/mol. The SMILES string of the molecule is O=c1oc2ccccc2c2oc(Nc3ccccc3)c(-c3cccc([N+](=O)[O-])c3)c12. The van der Waals surface area contributed by atoms with Gasteiger partial charge >= 0.3 is 5.63 Å². The van der Waals surface area contributed by atoms with Gasteiger partial charge in [0.15, 0.2) is 5.58 Å². The summed E-state index contributed by atoms with van der Waals surface area (Å²) < 4.78 is 11.6. The standard InChI is InChI=1S/C23H14N2O5/c26-23-20-19(14-7-6-10-16(13-14)25(27)28)22(24-15-8-2-1-3-9-15)30-21(20)17-11-4-5-12-18(17)29-23/h1-13,24H. The van der Waals surface area contributed by atoms with Gasteiger partial charge in [-0.1, -0.05) is 42.5 Å². The van der Waals surface area contributed by atoms with Crippen LogP contribution < -0.4 is 10.9 Å². The minimum Gasteiger partial charge on any atom is -0.439 e. The summed E-state index contributed by atoms with van der Waals surface area (Å²) in [5, 5.41) is 15.3. The summed E-state index contributed by atoms with van der Waals surface area (Å²) in [6.07, 6.45) is 0. The molecule has 7 heteroatoms. The van der Waals surface area contributed by atoms with Crippen molar-refractivity contribution >= 4 is 39.2 Å². The first kappa shape index (κ1) is 17.7. The van der Waals surface area contributed by atoms with E-state index in [1.165, 1.54) is 12.1 Å². The van der Waals surface area contributed by atoms with Crippen molar-refractivity contribution in [3.63, 3.8) is 0 Å². The molecule has 146 valence electrons. The van der Waals surface area contributed by atoms with Crippen LogP contribution in [0.1, 0.15) is 0 Å². The molecule has 0 aliphatic heterocycles. The van der Waals surface area contributed by atoms with Gasteiger partial charge in [0.05, 0.1) is 15.9 Å². The van der Waals surface area contributed by atoms with Crippen LogP contribution in [-0.2, 0) is 0 Å². The molecule has 2 heterocycles. The fraction of sp³-hybridized carbons (Fsp3) is 0. The molecule has 0 atom stereocenters. The summed E-state index contributed by atoms with van der Waals surface area (Å²) in [6, 6.07) is 22.5. The van der Waals surface area contributed by atoms with Gasteiger partial charge in [-0.3, -0.25) is 10.1 Å². The fourth-order valence-electron chi connectivity index (χ4n) is 3.50. The third-order valence-electron chi connectivity index (χ3n) is 4.82. The van der Waals surface area contributed by atoms with E-state index in [1.54, 1.807) is 30.3 Å². The first-order valence-corrected chi connectivity index (χ1v) is 9.17. The number of para-hydroxylation sites is 2. The van der Waals surface area contributed by atoms with Crippen molar-refractivity contribution in [2.45, 2.75) is 0 Å². The van der Waals surface area contributed by atoms with Crippen LogP contribution in [0, 0.1) is 10.1 Å². The highest BCUT2D eigenvalue weighted by atomic mass is 16.6. The zero-order chi connectivity index (χ0) is 20.7. The second-order valence-electron chi connectivity index (χ2n) is 6.69. The molecule has 5 rings (SSSR count). The largest absolute Gasteiger partial charge is 0.439 e. The zero-order valence-electron chi connectivity index (χ0n) is 15.5. The molecule has 5 aromatic rings. The molecule has 1 N–H and O–H groups in total. The van der Waals surface area contributed by atoms with Crippen molar-refractivity contribution in [1.82, 2.24) is 0 Å². The molecule has 0 aliphatic carbocycles. The highest BCUT2D eigenvalue weighted by Crippen LogP contribution is 2.41. The van der Waals surface area contributed by atoms with E-state index in [0.717, 1.165) is 5.69 Å². The van der Waals surface area contributed by atoms with Gasteiger partial charge in [-0.15, -0.1) is 0 Å². The molecule has 0 saturated heterocycles. The quantitative estimate of drug-likeness (QED) is 0.231. The molecule has 0 unspecified atom stereocenters. The number of rotatable bonds is 4. The summed E-state index contributed by atoms with van der Waals surface area (Å²) in [7, 11) is 0. The lowest BCUT2D eigenvalue weighted by molar-refractivity contribution is -0.384. The number of nitrogens with one attached hydrogen (secondary N) is 1. The van der Waals surface area contributed by atoms with Gasteiger partial charge in [0.25, 0.3) is 5.69 Å². The van der Waals surface area contributed by atoms with E-state index in [9.17, 15) is 14.9 Å². The van der Waals surface area contributed by atoms with Crippen LogP contribution in [0.15, 0.2) is 92.5 Å². The Bertz CT molecular complexity index is 1470. The average molecular weight is 398 g/mol. The molecule has 3 aromatic carbocycles. The molecule has 0 spiro atoms. The van der Waals surface area contributed by atoms with E-state index in [4.69, 9.17) is 8.83 Å². The number of anilines is 2. The number of nitrogens with zero attached hydrogens (tertiary/aromatic N) is 1. The Hall–Kier alpha value is -4.39. The lowest BCUT2D eigenvalue weighted by atomic mass is 10.0. The predicted molar refractivity (Wildman–Crippen MR) is 114 cm³/mol. The van der Waals surface area contributed by atoms with Crippen LogP contribution >= 0.6 is 0 Å². The predicted octanol–water partition coefficient (Wildman–Crippen LogP) is 5.86. The van der Waals surface area contributed by atoms with Gasteiger partial charge < -0.3 is 14.2 Å². The molecule has 0 fully saturated rings. The first-order chi connectivity index (χ1) is 14.6. The van der Waals surface area contributed by atoms with E-state index < -0.39 is 10.5 Å². The Labute approximate surface area is 169 Å².